The Hall–Kier alpha value is -3.27. The number of amides is 1. The van der Waals surface area contributed by atoms with Crippen molar-refractivity contribution in [1.29, 1.82) is 0 Å². The number of rotatable bonds is 4. The van der Waals surface area contributed by atoms with Crippen LogP contribution in [0.25, 0.3) is 10.9 Å². The number of aliphatic hydroxyl groups is 1. The van der Waals surface area contributed by atoms with Gasteiger partial charge in [0.1, 0.15) is 17.2 Å². The summed E-state index contributed by atoms with van der Waals surface area (Å²) in [6, 6.07) is 4.95. The second-order valence-electron chi connectivity index (χ2n) is 9.59. The number of pyridine rings is 1. The molecule has 10 heteroatoms. The first-order chi connectivity index (χ1) is 17.2. The van der Waals surface area contributed by atoms with Gasteiger partial charge in [-0.15, -0.1) is 0 Å². The van der Waals surface area contributed by atoms with Gasteiger partial charge in [-0.05, 0) is 32.3 Å². The summed E-state index contributed by atoms with van der Waals surface area (Å²) in [5.41, 5.74) is -0.152. The zero-order valence-electron chi connectivity index (χ0n) is 20.2. The zero-order chi connectivity index (χ0) is 25.6. The fourth-order valence-electron chi connectivity index (χ4n) is 5.17. The highest BCUT2D eigenvalue weighted by Crippen LogP contribution is 2.33. The zero-order valence-corrected chi connectivity index (χ0v) is 20.2. The molecule has 1 aromatic carbocycles. The van der Waals surface area contributed by atoms with Crippen LogP contribution in [0.1, 0.15) is 68.2 Å². The number of aromatic nitrogens is 3. The van der Waals surface area contributed by atoms with Crippen LogP contribution >= 0.6 is 0 Å². The van der Waals surface area contributed by atoms with E-state index in [-0.39, 0.29) is 11.5 Å². The van der Waals surface area contributed by atoms with E-state index in [4.69, 9.17) is 4.98 Å². The summed E-state index contributed by atoms with van der Waals surface area (Å²) >= 11 is 0. The Morgan fingerprint density at radius 2 is 1.92 bits per heavy atom. The molecule has 190 valence electrons. The summed E-state index contributed by atoms with van der Waals surface area (Å²) in [5, 5.41) is 12.0. The van der Waals surface area contributed by atoms with Gasteiger partial charge in [-0.25, -0.2) is 18.2 Å². The van der Waals surface area contributed by atoms with Crippen molar-refractivity contribution < 1.29 is 23.1 Å². The molecular formula is C26H28F3N5O2. The molecule has 5 rings (SSSR count). The number of piperidine rings is 1. The predicted molar refractivity (Wildman–Crippen MR) is 127 cm³/mol. The molecule has 1 N–H and O–H groups in total. The van der Waals surface area contributed by atoms with Crippen molar-refractivity contribution in [1.82, 2.24) is 19.4 Å². The van der Waals surface area contributed by atoms with E-state index in [1.54, 1.807) is 24.1 Å². The van der Waals surface area contributed by atoms with E-state index in [9.17, 15) is 23.1 Å². The lowest BCUT2D eigenvalue weighted by molar-refractivity contribution is -0.133. The van der Waals surface area contributed by atoms with Gasteiger partial charge in [0.2, 0.25) is 5.91 Å². The van der Waals surface area contributed by atoms with Gasteiger partial charge in [-0.3, -0.25) is 14.8 Å². The summed E-state index contributed by atoms with van der Waals surface area (Å²) in [5.74, 6) is -0.159. The SMILES string of the molecule is CC(=O)N1CCC(O)(c2cc3/c(=N/C(C)c4cccc(C(F)F)c4F)nc4n(c3cn2)CCC4)CC1. The third-order valence-electron chi connectivity index (χ3n) is 7.32. The van der Waals surface area contributed by atoms with Gasteiger partial charge in [-0.1, -0.05) is 18.2 Å². The Bertz CT molecular complexity index is 1400. The van der Waals surface area contributed by atoms with Gasteiger partial charge in [0.05, 0.1) is 29.0 Å². The first-order valence-electron chi connectivity index (χ1n) is 12.2. The minimum Gasteiger partial charge on any atom is -0.383 e. The van der Waals surface area contributed by atoms with Gasteiger partial charge >= 0.3 is 0 Å². The van der Waals surface area contributed by atoms with Crippen molar-refractivity contribution in [2.75, 3.05) is 13.1 Å². The maximum absolute atomic E-state index is 14.8. The largest absolute Gasteiger partial charge is 0.383 e. The Morgan fingerprint density at radius 3 is 2.61 bits per heavy atom. The molecule has 1 atom stereocenters. The number of fused-ring (bicyclic) bond motifs is 3. The average Bonchev–Trinajstić information content (AvgIpc) is 3.32. The van der Waals surface area contributed by atoms with Crippen molar-refractivity contribution in [3.8, 4) is 0 Å². The molecule has 1 saturated heterocycles. The summed E-state index contributed by atoms with van der Waals surface area (Å²) < 4.78 is 43.4. The number of halogens is 3. The number of carbonyl (C=O) groups excluding carboxylic acids is 1. The molecule has 0 aliphatic carbocycles. The average molecular weight is 500 g/mol. The summed E-state index contributed by atoms with van der Waals surface area (Å²) in [6.07, 6.45) is 1.16. The van der Waals surface area contributed by atoms with Crippen LogP contribution in [0.15, 0.2) is 35.5 Å². The maximum Gasteiger partial charge on any atom is 0.266 e. The van der Waals surface area contributed by atoms with Crippen molar-refractivity contribution in [3.05, 3.63) is 64.4 Å². The van der Waals surface area contributed by atoms with Crippen molar-refractivity contribution in [2.24, 2.45) is 4.99 Å². The smallest absolute Gasteiger partial charge is 0.266 e. The summed E-state index contributed by atoms with van der Waals surface area (Å²) in [4.78, 5) is 27.4. The highest BCUT2D eigenvalue weighted by molar-refractivity contribution is 5.78. The lowest BCUT2D eigenvalue weighted by Crippen LogP contribution is -2.44. The minimum absolute atomic E-state index is 0.0297. The van der Waals surface area contributed by atoms with E-state index < -0.39 is 29.4 Å². The lowest BCUT2D eigenvalue weighted by atomic mass is 9.87. The first-order valence-corrected chi connectivity index (χ1v) is 12.2. The number of benzene rings is 1. The third-order valence-corrected chi connectivity index (χ3v) is 7.32. The van der Waals surface area contributed by atoms with E-state index in [1.807, 2.05) is 0 Å². The van der Waals surface area contributed by atoms with Crippen molar-refractivity contribution in [2.45, 2.75) is 64.1 Å². The molecule has 2 aromatic heterocycles. The van der Waals surface area contributed by atoms with Crippen LogP contribution in [0.2, 0.25) is 0 Å². The number of likely N-dealkylation sites (tertiary alicyclic amines) is 1. The predicted octanol–water partition coefficient (Wildman–Crippen LogP) is 3.95. The lowest BCUT2D eigenvalue weighted by Gasteiger charge is -2.37. The van der Waals surface area contributed by atoms with E-state index >= 15 is 0 Å². The number of alkyl halides is 2. The molecule has 0 saturated carbocycles. The van der Waals surface area contributed by atoms with Crippen molar-refractivity contribution in [3.63, 3.8) is 0 Å². The molecule has 2 aliphatic rings. The van der Waals surface area contributed by atoms with Crippen LogP contribution in [0.4, 0.5) is 13.2 Å². The fraction of sp³-hybridized carbons (Fsp3) is 0.462. The van der Waals surface area contributed by atoms with Gasteiger partial charge in [0.25, 0.3) is 6.43 Å². The maximum atomic E-state index is 14.8. The van der Waals surface area contributed by atoms with E-state index in [0.29, 0.717) is 42.5 Å². The highest BCUT2D eigenvalue weighted by atomic mass is 19.3. The third kappa shape index (κ3) is 4.27. The Labute approximate surface area is 206 Å². The molecule has 0 radical (unpaired) electrons. The van der Waals surface area contributed by atoms with Crippen LogP contribution in [0, 0.1) is 5.82 Å². The Morgan fingerprint density at radius 1 is 1.19 bits per heavy atom. The Balaban J connectivity index is 1.61. The van der Waals surface area contributed by atoms with Crippen LogP contribution in [-0.4, -0.2) is 43.5 Å². The van der Waals surface area contributed by atoms with E-state index in [2.05, 4.69) is 14.5 Å². The van der Waals surface area contributed by atoms with Gasteiger partial charge < -0.3 is 14.6 Å². The number of hydrogen-bond donors (Lipinski definition) is 1. The summed E-state index contributed by atoms with van der Waals surface area (Å²) in [6.45, 7) is 4.79. The Kier molecular flexibility index (Phi) is 6.32. The van der Waals surface area contributed by atoms with Crippen LogP contribution < -0.4 is 5.49 Å². The van der Waals surface area contributed by atoms with Crippen LogP contribution in [0.5, 0.6) is 0 Å². The van der Waals surface area contributed by atoms with Gasteiger partial charge in [0.15, 0.2) is 5.49 Å². The summed E-state index contributed by atoms with van der Waals surface area (Å²) in [7, 11) is 0. The second kappa shape index (κ2) is 9.31. The topological polar surface area (TPSA) is 83.6 Å². The molecule has 3 aromatic rings. The molecule has 2 aliphatic heterocycles. The molecular weight excluding hydrogens is 471 g/mol. The molecule has 0 bridgehead atoms. The normalized spacial score (nSPS) is 18.6. The van der Waals surface area contributed by atoms with E-state index in [0.717, 1.165) is 36.8 Å². The molecule has 7 nitrogen and oxygen atoms in total. The van der Waals surface area contributed by atoms with Crippen LogP contribution in [0.3, 0.4) is 0 Å². The molecule has 1 amide bonds. The minimum atomic E-state index is -2.92. The number of hydrogen-bond acceptors (Lipinski definition) is 5. The van der Waals surface area contributed by atoms with Crippen molar-refractivity contribution >= 4 is 16.8 Å². The highest BCUT2D eigenvalue weighted by Gasteiger charge is 2.36. The standard InChI is InChI=1S/C26H28F3N5O2/c1-15(17-5-3-6-18(23(17)27)24(28)29)31-25-19-13-21(26(36)8-11-33(12-9-26)16(2)35)30-14-20(19)34-10-4-7-22(34)32-25/h3,5-6,13-15,24,36H,4,7-12H2,1-2H3/b31-25-. The number of carbonyl (C=O) groups is 1. The number of nitrogens with zero attached hydrogens (tertiary/aromatic N) is 5. The molecule has 1 unspecified atom stereocenters. The second-order valence-corrected chi connectivity index (χ2v) is 9.59. The quantitative estimate of drug-likeness (QED) is 0.589. The fourth-order valence-corrected chi connectivity index (χ4v) is 5.17. The molecule has 4 heterocycles. The molecule has 36 heavy (non-hydrogen) atoms. The van der Waals surface area contributed by atoms with Gasteiger partial charge in [-0.2, -0.15) is 0 Å². The monoisotopic (exact) mass is 499 g/mol. The van der Waals surface area contributed by atoms with Gasteiger partial charge in [0, 0.05) is 43.9 Å². The molecule has 1 fully saturated rings. The first kappa shape index (κ1) is 24.4. The van der Waals surface area contributed by atoms with E-state index in [1.165, 1.54) is 19.1 Å². The number of aryl methyl sites for hydroxylation is 2. The molecule has 0 spiro atoms. The van der Waals surface area contributed by atoms with Crippen LogP contribution in [-0.2, 0) is 23.4 Å².